The molecule has 0 fully saturated rings. The van der Waals surface area contributed by atoms with Crippen molar-refractivity contribution in [1.29, 1.82) is 0 Å². The van der Waals surface area contributed by atoms with Crippen molar-refractivity contribution in [3.05, 3.63) is 42.0 Å². The number of halogens is 1. The van der Waals surface area contributed by atoms with Gasteiger partial charge in [-0.1, -0.05) is 30.3 Å². The zero-order chi connectivity index (χ0) is 13.8. The van der Waals surface area contributed by atoms with Gasteiger partial charge in [0.05, 0.1) is 5.56 Å². The molecule has 0 aliphatic rings. The number of nitrogens with one attached hydrogen (secondary N) is 1. The second-order valence-corrected chi connectivity index (χ2v) is 4.91. The fourth-order valence-electron chi connectivity index (χ4n) is 1.98. The smallest absolute Gasteiger partial charge is 0.255 e. The zero-order valence-corrected chi connectivity index (χ0v) is 11.4. The first-order chi connectivity index (χ1) is 9.13. The molecular weight excluding hydrogens is 262 g/mol. The summed E-state index contributed by atoms with van der Waals surface area (Å²) in [5, 5.41) is 14.6. The summed E-state index contributed by atoms with van der Waals surface area (Å²) in [5.74, 6) is 0.236. The summed E-state index contributed by atoms with van der Waals surface area (Å²) in [4.78, 5) is 12.1. The van der Waals surface area contributed by atoms with Crippen LogP contribution < -0.4 is 5.32 Å². The van der Waals surface area contributed by atoms with Gasteiger partial charge in [-0.2, -0.15) is 0 Å². The maximum Gasteiger partial charge on any atom is 0.255 e. The van der Waals surface area contributed by atoms with Crippen LogP contribution in [0.4, 0.5) is 0 Å². The fourth-order valence-corrected chi connectivity index (χ4v) is 2.30. The maximum atomic E-state index is 12.1. The van der Waals surface area contributed by atoms with E-state index in [1.165, 1.54) is 0 Å². The number of amides is 1. The Morgan fingerprint density at radius 2 is 2.05 bits per heavy atom. The topological polar surface area (TPSA) is 49.3 Å². The zero-order valence-electron chi connectivity index (χ0n) is 10.7. The van der Waals surface area contributed by atoms with E-state index in [1.807, 2.05) is 31.2 Å². The Kier molecular flexibility index (Phi) is 4.27. The normalized spacial score (nSPS) is 12.3. The number of rotatable bonds is 4. The van der Waals surface area contributed by atoms with Crippen molar-refractivity contribution in [3.63, 3.8) is 0 Å². The van der Waals surface area contributed by atoms with Gasteiger partial charge in [0.1, 0.15) is 5.75 Å². The van der Waals surface area contributed by atoms with Crippen molar-refractivity contribution in [1.82, 2.24) is 5.32 Å². The largest absolute Gasteiger partial charge is 0.506 e. The van der Waals surface area contributed by atoms with E-state index in [0.717, 1.165) is 5.39 Å². The first-order valence-corrected chi connectivity index (χ1v) is 6.74. The summed E-state index contributed by atoms with van der Waals surface area (Å²) >= 11 is 5.63. The van der Waals surface area contributed by atoms with Gasteiger partial charge < -0.3 is 10.4 Å². The summed E-state index contributed by atoms with van der Waals surface area (Å²) in [7, 11) is 0. The molecule has 2 aromatic carbocycles. The molecule has 2 rings (SSSR count). The minimum absolute atomic E-state index is 0.0177. The number of alkyl halides is 1. The molecule has 19 heavy (non-hydrogen) atoms. The molecule has 2 N–H and O–H groups in total. The van der Waals surface area contributed by atoms with E-state index in [4.69, 9.17) is 11.6 Å². The number of hydrogen-bond donors (Lipinski definition) is 2. The minimum atomic E-state index is -0.277. The Labute approximate surface area is 117 Å². The first-order valence-electron chi connectivity index (χ1n) is 6.21. The second kappa shape index (κ2) is 5.93. The van der Waals surface area contributed by atoms with Gasteiger partial charge in [-0.05, 0) is 24.8 Å². The van der Waals surface area contributed by atoms with E-state index >= 15 is 0 Å². The summed E-state index contributed by atoms with van der Waals surface area (Å²) < 4.78 is 0. The van der Waals surface area contributed by atoms with Gasteiger partial charge in [-0.3, -0.25) is 4.79 Å². The van der Waals surface area contributed by atoms with Gasteiger partial charge in [0.2, 0.25) is 0 Å². The number of carbonyl (C=O) groups is 1. The SMILES string of the molecule is CC(CCCl)NC(=O)c1ccc2ccccc2c1O. The molecule has 1 atom stereocenters. The van der Waals surface area contributed by atoms with E-state index in [2.05, 4.69) is 5.32 Å². The third-order valence-corrected chi connectivity index (χ3v) is 3.28. The van der Waals surface area contributed by atoms with Crippen molar-refractivity contribution in [2.75, 3.05) is 5.88 Å². The Bertz CT molecular complexity index is 598. The van der Waals surface area contributed by atoms with Gasteiger partial charge in [0.25, 0.3) is 5.91 Å². The Hall–Kier alpha value is -1.74. The number of hydrogen-bond acceptors (Lipinski definition) is 2. The lowest BCUT2D eigenvalue weighted by Gasteiger charge is -2.13. The van der Waals surface area contributed by atoms with Gasteiger partial charge >= 0.3 is 0 Å². The Morgan fingerprint density at radius 1 is 1.32 bits per heavy atom. The Morgan fingerprint density at radius 3 is 2.79 bits per heavy atom. The molecule has 0 radical (unpaired) electrons. The predicted octanol–water partition coefficient (Wildman–Crippen LogP) is 3.29. The molecule has 0 saturated heterocycles. The highest BCUT2D eigenvalue weighted by molar-refractivity contribution is 6.17. The lowest BCUT2D eigenvalue weighted by Crippen LogP contribution is -2.32. The fraction of sp³-hybridized carbons (Fsp3) is 0.267. The number of carbonyl (C=O) groups excluding carboxylic acids is 1. The molecule has 0 aliphatic heterocycles. The predicted molar refractivity (Wildman–Crippen MR) is 77.9 cm³/mol. The standard InChI is InChI=1S/C15H16ClNO2/c1-10(8-9-16)17-15(19)13-7-6-11-4-2-3-5-12(11)14(13)18/h2-7,10,18H,8-9H2,1H3,(H,17,19). The maximum absolute atomic E-state index is 12.1. The molecule has 0 spiro atoms. The van der Waals surface area contributed by atoms with Crippen molar-refractivity contribution in [2.45, 2.75) is 19.4 Å². The number of phenols is 1. The summed E-state index contributed by atoms with van der Waals surface area (Å²) in [6.07, 6.45) is 0.696. The molecule has 0 heterocycles. The van der Waals surface area contributed by atoms with Crippen LogP contribution in [0.1, 0.15) is 23.7 Å². The third kappa shape index (κ3) is 2.99. The molecule has 0 aromatic heterocycles. The second-order valence-electron chi connectivity index (χ2n) is 4.54. The summed E-state index contributed by atoms with van der Waals surface area (Å²) in [6.45, 7) is 1.89. The molecule has 1 unspecified atom stereocenters. The number of aromatic hydroxyl groups is 1. The molecule has 0 aliphatic carbocycles. The van der Waals surface area contributed by atoms with Gasteiger partial charge in [-0.25, -0.2) is 0 Å². The first kappa shape index (κ1) is 13.7. The van der Waals surface area contributed by atoms with Gasteiger partial charge in [0.15, 0.2) is 0 Å². The summed E-state index contributed by atoms with van der Waals surface area (Å²) in [6, 6.07) is 10.9. The average molecular weight is 278 g/mol. The molecule has 100 valence electrons. The van der Waals surface area contributed by atoms with Crippen LogP contribution in [0.15, 0.2) is 36.4 Å². The number of fused-ring (bicyclic) bond motifs is 1. The van der Waals surface area contributed by atoms with Gasteiger partial charge in [-0.15, -0.1) is 11.6 Å². The number of phenolic OH excluding ortho intramolecular Hbond substituents is 1. The van der Waals surface area contributed by atoms with E-state index < -0.39 is 0 Å². The van der Waals surface area contributed by atoms with Gasteiger partial charge in [0, 0.05) is 17.3 Å². The van der Waals surface area contributed by atoms with Crippen LogP contribution in [-0.4, -0.2) is 22.9 Å². The van der Waals surface area contributed by atoms with Crippen LogP contribution in [0.3, 0.4) is 0 Å². The van der Waals surface area contributed by atoms with E-state index in [-0.39, 0.29) is 17.7 Å². The average Bonchev–Trinajstić information content (AvgIpc) is 2.39. The monoisotopic (exact) mass is 277 g/mol. The molecule has 0 bridgehead atoms. The molecule has 2 aromatic rings. The molecule has 0 saturated carbocycles. The van der Waals surface area contributed by atoms with Crippen molar-refractivity contribution in [2.24, 2.45) is 0 Å². The van der Waals surface area contributed by atoms with Crippen LogP contribution in [0, 0.1) is 0 Å². The minimum Gasteiger partial charge on any atom is -0.506 e. The third-order valence-electron chi connectivity index (χ3n) is 3.06. The van der Waals surface area contributed by atoms with E-state index in [0.29, 0.717) is 23.3 Å². The lowest BCUT2D eigenvalue weighted by atomic mass is 10.0. The molecule has 1 amide bonds. The number of benzene rings is 2. The highest BCUT2D eigenvalue weighted by atomic mass is 35.5. The molecule has 4 heteroatoms. The highest BCUT2D eigenvalue weighted by Gasteiger charge is 2.15. The van der Waals surface area contributed by atoms with Crippen LogP contribution in [0.2, 0.25) is 0 Å². The Balaban J connectivity index is 2.30. The lowest BCUT2D eigenvalue weighted by molar-refractivity contribution is 0.0937. The molecule has 3 nitrogen and oxygen atoms in total. The van der Waals surface area contributed by atoms with E-state index in [1.54, 1.807) is 12.1 Å². The van der Waals surface area contributed by atoms with Crippen LogP contribution >= 0.6 is 11.6 Å². The van der Waals surface area contributed by atoms with Crippen LogP contribution in [0.25, 0.3) is 10.8 Å². The van der Waals surface area contributed by atoms with E-state index in [9.17, 15) is 9.90 Å². The van der Waals surface area contributed by atoms with Crippen molar-refractivity contribution >= 4 is 28.3 Å². The highest BCUT2D eigenvalue weighted by Crippen LogP contribution is 2.28. The van der Waals surface area contributed by atoms with Crippen LogP contribution in [0.5, 0.6) is 5.75 Å². The summed E-state index contributed by atoms with van der Waals surface area (Å²) in [5.41, 5.74) is 0.292. The van der Waals surface area contributed by atoms with Crippen molar-refractivity contribution < 1.29 is 9.90 Å². The van der Waals surface area contributed by atoms with Crippen molar-refractivity contribution in [3.8, 4) is 5.75 Å². The van der Waals surface area contributed by atoms with Crippen LogP contribution in [-0.2, 0) is 0 Å². The quantitative estimate of drug-likeness (QED) is 0.843. The molecular formula is C15H16ClNO2.